The van der Waals surface area contributed by atoms with Gasteiger partial charge in [-0.25, -0.2) is 0 Å². The normalized spacial score (nSPS) is 15.7. The Balaban J connectivity index is 2.25. The maximum atomic E-state index is 12.8. The van der Waals surface area contributed by atoms with Crippen LogP contribution in [0, 0.1) is 0 Å². The summed E-state index contributed by atoms with van der Waals surface area (Å²) in [6.07, 6.45) is 5.52. The van der Waals surface area contributed by atoms with Crippen LogP contribution in [0.3, 0.4) is 0 Å². The summed E-state index contributed by atoms with van der Waals surface area (Å²) in [6.45, 7) is 0.502. The first-order valence-electron chi connectivity index (χ1n) is 7.42. The minimum atomic E-state index is -0.168. The molecule has 1 N–H and O–H groups in total. The number of phenols is 1. The van der Waals surface area contributed by atoms with Crippen LogP contribution < -0.4 is 4.74 Å². The van der Waals surface area contributed by atoms with Crippen LogP contribution in [0.25, 0.3) is 0 Å². The van der Waals surface area contributed by atoms with E-state index in [0.29, 0.717) is 18.2 Å². The van der Waals surface area contributed by atoms with Crippen molar-refractivity contribution in [1.29, 1.82) is 0 Å². The molecule has 1 fully saturated rings. The van der Waals surface area contributed by atoms with Crippen LogP contribution in [-0.2, 0) is 0 Å². The number of hydrogen-bond donors (Lipinski definition) is 1. The Bertz CT molecular complexity index is 486. The fourth-order valence-corrected chi connectivity index (χ4v) is 3.13. The predicted molar refractivity (Wildman–Crippen MR) is 83.3 cm³/mol. The lowest BCUT2D eigenvalue weighted by Gasteiger charge is -2.34. The van der Waals surface area contributed by atoms with E-state index in [2.05, 4.69) is 0 Å². The second kappa shape index (κ2) is 7.55. The Morgan fingerprint density at radius 2 is 2.10 bits per heavy atom. The van der Waals surface area contributed by atoms with Crippen LogP contribution in [0.5, 0.6) is 11.5 Å². The van der Waals surface area contributed by atoms with Crippen molar-refractivity contribution >= 4 is 17.5 Å². The predicted octanol–water partition coefficient (Wildman–Crippen LogP) is 3.41. The lowest BCUT2D eigenvalue weighted by Crippen LogP contribution is -2.42. The quantitative estimate of drug-likeness (QED) is 0.848. The summed E-state index contributed by atoms with van der Waals surface area (Å²) < 4.78 is 5.07. The molecule has 5 heteroatoms. The van der Waals surface area contributed by atoms with Gasteiger partial charge in [0, 0.05) is 18.5 Å². The molecule has 0 aliphatic heterocycles. The summed E-state index contributed by atoms with van der Waals surface area (Å²) in [4.78, 5) is 14.6. The third-order valence-corrected chi connectivity index (χ3v) is 4.22. The summed E-state index contributed by atoms with van der Waals surface area (Å²) in [7, 11) is 1.47. The second-order valence-corrected chi connectivity index (χ2v) is 5.71. The zero-order valence-corrected chi connectivity index (χ0v) is 13.1. The van der Waals surface area contributed by atoms with Crippen molar-refractivity contribution in [2.24, 2.45) is 0 Å². The van der Waals surface area contributed by atoms with E-state index < -0.39 is 0 Å². The monoisotopic (exact) mass is 311 g/mol. The number of carbonyl (C=O) groups excluding carboxylic acids is 1. The minimum absolute atomic E-state index is 0.0969. The summed E-state index contributed by atoms with van der Waals surface area (Å²) >= 11 is 5.86. The number of phenolic OH excluding ortho intramolecular Hbond substituents is 1. The van der Waals surface area contributed by atoms with Crippen molar-refractivity contribution in [3.63, 3.8) is 0 Å². The zero-order chi connectivity index (χ0) is 15.2. The van der Waals surface area contributed by atoms with Gasteiger partial charge in [-0.2, -0.15) is 0 Å². The van der Waals surface area contributed by atoms with E-state index in [1.807, 2.05) is 0 Å². The molecule has 0 heterocycles. The highest BCUT2D eigenvalue weighted by Crippen LogP contribution is 2.32. The number of nitrogens with zero attached hydrogens (tertiary/aromatic N) is 1. The van der Waals surface area contributed by atoms with Gasteiger partial charge in [0.05, 0.1) is 12.7 Å². The number of para-hydroxylation sites is 1. The molecular formula is C16H22ClNO3. The van der Waals surface area contributed by atoms with Crippen LogP contribution in [-0.4, -0.2) is 41.5 Å². The molecule has 1 amide bonds. The Morgan fingerprint density at radius 1 is 1.38 bits per heavy atom. The van der Waals surface area contributed by atoms with Gasteiger partial charge >= 0.3 is 0 Å². The van der Waals surface area contributed by atoms with E-state index >= 15 is 0 Å². The van der Waals surface area contributed by atoms with Gasteiger partial charge in [0.1, 0.15) is 0 Å². The van der Waals surface area contributed by atoms with Gasteiger partial charge in [-0.3, -0.25) is 4.79 Å². The molecule has 116 valence electrons. The average molecular weight is 312 g/mol. The molecule has 2 rings (SSSR count). The molecule has 0 saturated heterocycles. The lowest BCUT2D eigenvalue weighted by molar-refractivity contribution is 0.0646. The molecule has 4 nitrogen and oxygen atoms in total. The fourth-order valence-electron chi connectivity index (χ4n) is 2.95. The summed E-state index contributed by atoms with van der Waals surface area (Å²) in [5.41, 5.74) is 0.282. The molecular weight excluding hydrogens is 290 g/mol. The number of hydrogen-bond acceptors (Lipinski definition) is 3. The molecule has 0 bridgehead atoms. The van der Waals surface area contributed by atoms with Gasteiger partial charge in [0.2, 0.25) is 0 Å². The van der Waals surface area contributed by atoms with E-state index in [-0.39, 0.29) is 23.3 Å². The van der Waals surface area contributed by atoms with Crippen LogP contribution >= 0.6 is 11.6 Å². The van der Waals surface area contributed by atoms with Crippen LogP contribution in [0.2, 0.25) is 0 Å². The first kappa shape index (κ1) is 16.0. The average Bonchev–Trinajstić information content (AvgIpc) is 2.53. The Labute approximate surface area is 130 Å². The molecule has 0 unspecified atom stereocenters. The van der Waals surface area contributed by atoms with Crippen LogP contribution in [0.1, 0.15) is 42.5 Å². The van der Waals surface area contributed by atoms with E-state index in [1.165, 1.54) is 13.5 Å². The highest BCUT2D eigenvalue weighted by molar-refractivity contribution is 6.18. The van der Waals surface area contributed by atoms with Crippen molar-refractivity contribution in [2.45, 2.75) is 38.1 Å². The Kier molecular flexibility index (Phi) is 5.74. The molecule has 0 aromatic heterocycles. The van der Waals surface area contributed by atoms with E-state index in [9.17, 15) is 9.90 Å². The van der Waals surface area contributed by atoms with Crippen molar-refractivity contribution in [2.75, 3.05) is 19.5 Å². The second-order valence-electron chi connectivity index (χ2n) is 5.34. The Hall–Kier alpha value is -1.42. The van der Waals surface area contributed by atoms with Gasteiger partial charge in [-0.05, 0) is 25.0 Å². The molecule has 0 spiro atoms. The number of ether oxygens (including phenoxy) is 1. The molecule has 1 aromatic carbocycles. The molecule has 1 saturated carbocycles. The number of halogens is 1. The number of amides is 1. The number of alkyl halides is 1. The first-order chi connectivity index (χ1) is 10.2. The van der Waals surface area contributed by atoms with Gasteiger partial charge in [-0.15, -0.1) is 11.6 Å². The van der Waals surface area contributed by atoms with Gasteiger partial charge in [0.15, 0.2) is 11.5 Å². The van der Waals surface area contributed by atoms with Crippen molar-refractivity contribution in [1.82, 2.24) is 4.90 Å². The summed E-state index contributed by atoms with van der Waals surface area (Å²) in [5.74, 6) is 0.446. The highest BCUT2D eigenvalue weighted by atomic mass is 35.5. The van der Waals surface area contributed by atoms with E-state index in [0.717, 1.165) is 25.7 Å². The van der Waals surface area contributed by atoms with E-state index in [4.69, 9.17) is 16.3 Å². The maximum Gasteiger partial charge on any atom is 0.258 e. The SMILES string of the molecule is COc1cccc(C(=O)N(CCCl)C2CCCCC2)c1O. The van der Waals surface area contributed by atoms with Crippen molar-refractivity contribution < 1.29 is 14.6 Å². The molecule has 0 radical (unpaired) electrons. The first-order valence-corrected chi connectivity index (χ1v) is 7.95. The Morgan fingerprint density at radius 3 is 2.71 bits per heavy atom. The smallest absolute Gasteiger partial charge is 0.258 e. The van der Waals surface area contributed by atoms with Crippen LogP contribution in [0.15, 0.2) is 18.2 Å². The maximum absolute atomic E-state index is 12.8. The zero-order valence-electron chi connectivity index (χ0n) is 12.3. The highest BCUT2D eigenvalue weighted by Gasteiger charge is 2.28. The molecule has 1 aromatic rings. The summed E-state index contributed by atoms with van der Waals surface area (Å²) in [6, 6.07) is 5.20. The van der Waals surface area contributed by atoms with E-state index in [1.54, 1.807) is 23.1 Å². The number of benzene rings is 1. The molecule has 21 heavy (non-hydrogen) atoms. The molecule has 1 aliphatic carbocycles. The topological polar surface area (TPSA) is 49.8 Å². The third kappa shape index (κ3) is 3.62. The number of methoxy groups -OCH3 is 1. The van der Waals surface area contributed by atoms with Crippen molar-refractivity contribution in [3.05, 3.63) is 23.8 Å². The largest absolute Gasteiger partial charge is 0.504 e. The lowest BCUT2D eigenvalue weighted by atomic mass is 9.93. The van der Waals surface area contributed by atoms with Crippen LogP contribution in [0.4, 0.5) is 0 Å². The number of aromatic hydroxyl groups is 1. The number of carbonyl (C=O) groups is 1. The third-order valence-electron chi connectivity index (χ3n) is 4.05. The van der Waals surface area contributed by atoms with Crippen molar-refractivity contribution in [3.8, 4) is 11.5 Å². The molecule has 0 atom stereocenters. The van der Waals surface area contributed by atoms with Gasteiger partial charge in [0.25, 0.3) is 5.91 Å². The minimum Gasteiger partial charge on any atom is -0.504 e. The van der Waals surface area contributed by atoms with Gasteiger partial charge < -0.3 is 14.7 Å². The fraction of sp³-hybridized carbons (Fsp3) is 0.562. The standard InChI is InChI=1S/C16H22ClNO3/c1-21-14-9-5-8-13(15(14)19)16(20)18(11-10-17)12-6-3-2-4-7-12/h5,8-9,12,19H,2-4,6-7,10-11H2,1H3. The molecule has 1 aliphatic rings. The summed E-state index contributed by atoms with van der Waals surface area (Å²) in [5, 5.41) is 10.2. The number of rotatable bonds is 5. The van der Waals surface area contributed by atoms with Gasteiger partial charge in [-0.1, -0.05) is 25.3 Å².